The van der Waals surface area contributed by atoms with Crippen LogP contribution in [0, 0.1) is 0 Å². The molecule has 0 aliphatic carbocycles. The van der Waals surface area contributed by atoms with Crippen molar-refractivity contribution in [3.63, 3.8) is 0 Å². The van der Waals surface area contributed by atoms with E-state index in [9.17, 15) is 4.79 Å². The lowest BCUT2D eigenvalue weighted by Crippen LogP contribution is -2.55. The Morgan fingerprint density at radius 2 is 1.59 bits per heavy atom. The van der Waals surface area contributed by atoms with Gasteiger partial charge in [0.2, 0.25) is 0 Å². The third-order valence-electron chi connectivity index (χ3n) is 4.24. The van der Waals surface area contributed by atoms with Gasteiger partial charge in [0.15, 0.2) is 0 Å². The summed E-state index contributed by atoms with van der Waals surface area (Å²) in [6, 6.07) is 9.48. The van der Waals surface area contributed by atoms with E-state index in [2.05, 4.69) is 9.97 Å². The van der Waals surface area contributed by atoms with Crippen molar-refractivity contribution in [1.82, 2.24) is 9.97 Å². The summed E-state index contributed by atoms with van der Waals surface area (Å²) < 4.78 is 16.6. The van der Waals surface area contributed by atoms with E-state index in [0.717, 1.165) is 18.6 Å². The predicted molar refractivity (Wildman–Crippen MR) is 106 cm³/mol. The number of ether oxygens (including phenoxy) is 3. The van der Waals surface area contributed by atoms with Crippen LogP contribution in [-0.4, -0.2) is 52.6 Å². The fourth-order valence-corrected chi connectivity index (χ4v) is 2.96. The molecule has 0 radical (unpaired) electrons. The molecule has 1 aliphatic heterocycles. The van der Waals surface area contributed by atoms with Gasteiger partial charge in [-0.2, -0.15) is 4.79 Å². The van der Waals surface area contributed by atoms with Gasteiger partial charge in [0.1, 0.15) is 37.7 Å². The largest absolute Gasteiger partial charge is 0.559 e. The van der Waals surface area contributed by atoms with Gasteiger partial charge in [-0.1, -0.05) is 18.2 Å². The van der Waals surface area contributed by atoms with Crippen molar-refractivity contribution in [3.8, 4) is 17.5 Å². The van der Waals surface area contributed by atoms with Crippen molar-refractivity contribution < 1.29 is 28.5 Å². The van der Waals surface area contributed by atoms with Gasteiger partial charge in [0, 0.05) is 25.2 Å². The van der Waals surface area contributed by atoms with Crippen LogP contribution in [-0.2, 0) is 4.74 Å². The van der Waals surface area contributed by atoms with Crippen LogP contribution in [0.3, 0.4) is 0 Å². The monoisotopic (exact) mass is 402 g/mol. The highest BCUT2D eigenvalue weighted by Crippen LogP contribution is 2.30. The van der Waals surface area contributed by atoms with Gasteiger partial charge in [-0.15, -0.1) is 0 Å². The SMILES string of the molecule is CC(C)(C)OC(=O)[N+]1(Oc2nccnc2OCCOc2ccccc2)CCCC1. The normalized spacial score (nSPS) is 15.6. The van der Waals surface area contributed by atoms with Crippen molar-refractivity contribution in [3.05, 3.63) is 42.7 Å². The molecule has 0 spiro atoms. The fraction of sp³-hybridized carbons (Fsp3) is 0.476. The van der Waals surface area contributed by atoms with E-state index in [0.29, 0.717) is 19.7 Å². The molecular formula is C21H28N3O5+. The van der Waals surface area contributed by atoms with Gasteiger partial charge < -0.3 is 14.2 Å². The van der Waals surface area contributed by atoms with Crippen LogP contribution in [0.25, 0.3) is 0 Å². The summed E-state index contributed by atoms with van der Waals surface area (Å²) in [4.78, 5) is 27.3. The first kappa shape index (κ1) is 20.9. The molecule has 1 amide bonds. The van der Waals surface area contributed by atoms with E-state index in [1.54, 1.807) is 0 Å². The Labute approximate surface area is 170 Å². The number of hydrogen-bond acceptors (Lipinski definition) is 7. The molecule has 1 saturated heterocycles. The van der Waals surface area contributed by atoms with Gasteiger partial charge in [0.05, 0.1) is 0 Å². The fourth-order valence-electron chi connectivity index (χ4n) is 2.96. The Hall–Kier alpha value is -2.87. The highest BCUT2D eigenvalue weighted by molar-refractivity contribution is 5.60. The zero-order chi connectivity index (χ0) is 20.7. The minimum absolute atomic E-state index is 0.167. The zero-order valence-electron chi connectivity index (χ0n) is 17.2. The molecule has 1 aromatic carbocycles. The highest BCUT2D eigenvalue weighted by atomic mass is 16.8. The first-order chi connectivity index (χ1) is 13.9. The van der Waals surface area contributed by atoms with Crippen molar-refractivity contribution in [2.45, 2.75) is 39.2 Å². The average Bonchev–Trinajstić information content (AvgIpc) is 3.16. The Balaban J connectivity index is 1.64. The third-order valence-corrected chi connectivity index (χ3v) is 4.24. The first-order valence-corrected chi connectivity index (χ1v) is 9.80. The van der Waals surface area contributed by atoms with Crippen LogP contribution in [0.4, 0.5) is 4.79 Å². The highest BCUT2D eigenvalue weighted by Gasteiger charge is 2.48. The number of para-hydroxylation sites is 1. The van der Waals surface area contributed by atoms with Gasteiger partial charge in [0.25, 0.3) is 5.88 Å². The molecular weight excluding hydrogens is 374 g/mol. The van der Waals surface area contributed by atoms with E-state index in [1.165, 1.54) is 12.4 Å². The minimum atomic E-state index is -0.606. The molecule has 0 atom stereocenters. The van der Waals surface area contributed by atoms with Crippen molar-refractivity contribution in [2.75, 3.05) is 26.3 Å². The molecule has 156 valence electrons. The van der Waals surface area contributed by atoms with Crippen LogP contribution >= 0.6 is 0 Å². The maximum absolute atomic E-state index is 12.8. The van der Waals surface area contributed by atoms with Gasteiger partial charge >= 0.3 is 12.0 Å². The second kappa shape index (κ2) is 9.09. The van der Waals surface area contributed by atoms with Crippen LogP contribution in [0.15, 0.2) is 42.7 Å². The molecule has 1 aromatic heterocycles. The lowest BCUT2D eigenvalue weighted by molar-refractivity contribution is -1.01. The molecule has 1 fully saturated rings. The smallest absolute Gasteiger partial charge is 0.490 e. The predicted octanol–water partition coefficient (Wildman–Crippen LogP) is 3.77. The lowest BCUT2D eigenvalue weighted by atomic mass is 10.2. The summed E-state index contributed by atoms with van der Waals surface area (Å²) in [6.45, 7) is 7.13. The molecule has 2 heterocycles. The van der Waals surface area contributed by atoms with Crippen LogP contribution in [0.1, 0.15) is 33.6 Å². The molecule has 8 heteroatoms. The number of hydroxylamine groups is 3. The van der Waals surface area contributed by atoms with Crippen molar-refractivity contribution >= 4 is 6.09 Å². The maximum atomic E-state index is 12.8. The standard InChI is InChI=1S/C21H28N3O5/c1-21(2,3)28-20(25)24(13-7-8-14-24)29-19-18(22-11-12-23-19)27-16-15-26-17-9-5-4-6-10-17/h4-6,9-12H,7-8,13-16H2,1-3H3/q+1. The number of nitrogens with zero attached hydrogens (tertiary/aromatic N) is 3. The molecule has 2 aromatic rings. The first-order valence-electron chi connectivity index (χ1n) is 9.80. The summed E-state index contributed by atoms with van der Waals surface area (Å²) in [7, 11) is 0. The number of benzene rings is 1. The zero-order valence-corrected chi connectivity index (χ0v) is 17.2. The van der Waals surface area contributed by atoms with Crippen molar-refractivity contribution in [2.24, 2.45) is 0 Å². The maximum Gasteiger partial charge on any atom is 0.559 e. The Morgan fingerprint density at radius 1 is 0.966 bits per heavy atom. The van der Waals surface area contributed by atoms with E-state index in [-0.39, 0.29) is 23.0 Å². The Morgan fingerprint density at radius 3 is 2.24 bits per heavy atom. The van der Waals surface area contributed by atoms with Gasteiger partial charge in [-0.3, -0.25) is 4.84 Å². The average molecular weight is 402 g/mol. The summed E-state index contributed by atoms with van der Waals surface area (Å²) in [5.74, 6) is 1.15. The van der Waals surface area contributed by atoms with Crippen LogP contribution in [0.2, 0.25) is 0 Å². The summed E-state index contributed by atoms with van der Waals surface area (Å²) in [6.07, 6.45) is 4.31. The van der Waals surface area contributed by atoms with E-state index < -0.39 is 11.7 Å². The summed E-state index contributed by atoms with van der Waals surface area (Å²) in [5, 5.41) is 0. The molecule has 29 heavy (non-hydrogen) atoms. The minimum Gasteiger partial charge on any atom is -0.490 e. The molecule has 0 N–H and O–H groups in total. The number of quaternary nitrogens is 1. The molecule has 0 bridgehead atoms. The van der Waals surface area contributed by atoms with Crippen LogP contribution in [0.5, 0.6) is 17.5 Å². The quantitative estimate of drug-likeness (QED) is 0.515. The Kier molecular flexibility index (Phi) is 6.53. The number of rotatable bonds is 7. The third kappa shape index (κ3) is 5.80. The number of amides is 1. The Bertz CT molecular complexity index is 801. The van der Waals surface area contributed by atoms with Crippen LogP contribution < -0.4 is 14.3 Å². The number of aromatic nitrogens is 2. The van der Waals surface area contributed by atoms with E-state index in [4.69, 9.17) is 19.0 Å². The lowest BCUT2D eigenvalue weighted by Gasteiger charge is -2.30. The number of carbonyl (C=O) groups is 1. The molecule has 1 aliphatic rings. The van der Waals surface area contributed by atoms with Crippen molar-refractivity contribution in [1.29, 1.82) is 0 Å². The summed E-state index contributed by atoms with van der Waals surface area (Å²) in [5.41, 5.74) is -0.606. The van der Waals surface area contributed by atoms with E-state index in [1.807, 2.05) is 51.1 Å². The summed E-state index contributed by atoms with van der Waals surface area (Å²) >= 11 is 0. The molecule has 8 nitrogen and oxygen atoms in total. The van der Waals surface area contributed by atoms with Gasteiger partial charge in [-0.05, 0) is 37.6 Å². The topological polar surface area (TPSA) is 79.8 Å². The number of carbonyl (C=O) groups excluding carboxylic acids is 1. The second-order valence-electron chi connectivity index (χ2n) is 7.79. The molecule has 3 rings (SSSR count). The number of likely N-dealkylation sites (tertiary alicyclic amines) is 1. The van der Waals surface area contributed by atoms with E-state index >= 15 is 0 Å². The molecule has 0 unspecified atom stereocenters. The van der Waals surface area contributed by atoms with Gasteiger partial charge in [-0.25, -0.2) is 9.97 Å². The number of hydrogen-bond donors (Lipinski definition) is 0. The molecule has 0 saturated carbocycles. The second-order valence-corrected chi connectivity index (χ2v) is 7.79.